The van der Waals surface area contributed by atoms with E-state index in [4.69, 9.17) is 13.3 Å². The summed E-state index contributed by atoms with van der Waals surface area (Å²) in [5.74, 6) is -0.711. The third-order valence-electron chi connectivity index (χ3n) is 2.25. The van der Waals surface area contributed by atoms with Gasteiger partial charge in [-0.15, -0.1) is 0 Å². The van der Waals surface area contributed by atoms with E-state index in [2.05, 4.69) is 52.8 Å². The predicted molar refractivity (Wildman–Crippen MR) is 94.4 cm³/mol. The molecule has 0 saturated heterocycles. The van der Waals surface area contributed by atoms with Crippen LogP contribution in [0.5, 0.6) is 0 Å². The van der Waals surface area contributed by atoms with Gasteiger partial charge in [-0.05, 0) is 52.2 Å². The smallest absolute Gasteiger partial charge is 0.343 e. The number of hydrogen-bond donors (Lipinski definition) is 0. The summed E-state index contributed by atoms with van der Waals surface area (Å²) < 4.78 is 18.1. The van der Waals surface area contributed by atoms with Crippen LogP contribution < -0.4 is 0 Å². The normalized spacial score (nSPS) is 12.9. The second-order valence-electron chi connectivity index (χ2n) is 7.18. The molecule has 1 radical (unpaired) electrons. The van der Waals surface area contributed by atoms with Gasteiger partial charge in [-0.25, -0.2) is 4.79 Å². The van der Waals surface area contributed by atoms with Crippen LogP contribution in [0.1, 0.15) is 20.3 Å². The minimum Gasteiger partial charge on any atom is -0.509 e. The van der Waals surface area contributed by atoms with Gasteiger partial charge in [0.25, 0.3) is 0 Å². The largest absolute Gasteiger partial charge is 0.509 e. The molecule has 0 aromatic carbocycles. The lowest BCUT2D eigenvalue weighted by atomic mass is 10.4. The van der Waals surface area contributed by atoms with Gasteiger partial charge in [0.15, 0.2) is 22.5 Å². The highest BCUT2D eigenvalue weighted by Crippen LogP contribution is 2.20. The van der Waals surface area contributed by atoms with Crippen LogP contribution in [0.3, 0.4) is 0 Å². The molecule has 0 fully saturated rings. The van der Waals surface area contributed by atoms with Crippen molar-refractivity contribution in [1.29, 1.82) is 0 Å². The van der Waals surface area contributed by atoms with Gasteiger partial charge >= 0.3 is 15.0 Å². The molecule has 0 spiro atoms. The monoisotopic (exact) mass is 347 g/mol. The van der Waals surface area contributed by atoms with Crippen molar-refractivity contribution < 1.29 is 18.1 Å². The highest BCUT2D eigenvalue weighted by atomic mass is 28.4. The lowest BCUT2D eigenvalue weighted by molar-refractivity contribution is -0.131. The summed E-state index contributed by atoms with van der Waals surface area (Å²) in [6, 6.07) is 0.823. The molecule has 0 atom stereocenters. The van der Waals surface area contributed by atoms with E-state index in [0.717, 1.165) is 12.5 Å². The lowest BCUT2D eigenvalue weighted by Gasteiger charge is -2.34. The summed E-state index contributed by atoms with van der Waals surface area (Å²) in [5.41, 5.74) is 0.424. The van der Waals surface area contributed by atoms with Gasteiger partial charge in [-0.3, -0.25) is 0 Å². The highest BCUT2D eigenvalue weighted by molar-refractivity contribution is 6.72. The first kappa shape index (κ1) is 20.8. The first-order valence-electron chi connectivity index (χ1n) is 7.44. The fourth-order valence-corrected chi connectivity index (χ4v) is 7.46. The van der Waals surface area contributed by atoms with Gasteiger partial charge in [-0.1, -0.05) is 19.9 Å². The molecule has 0 amide bonds. The van der Waals surface area contributed by atoms with Gasteiger partial charge in [0.05, 0.1) is 0 Å². The van der Waals surface area contributed by atoms with Crippen molar-refractivity contribution >= 4 is 31.6 Å². The summed E-state index contributed by atoms with van der Waals surface area (Å²) in [6.45, 7) is 20.2. The Hall–Kier alpha value is -0.219. The zero-order valence-corrected chi connectivity index (χ0v) is 17.8. The van der Waals surface area contributed by atoms with Crippen LogP contribution >= 0.6 is 0 Å². The SMILES string of the molecule is C=C(C)C(=O)O[Si](CCC)C(O[Si](C)(C)C)O[Si](C)(C)C. The van der Waals surface area contributed by atoms with E-state index in [1.165, 1.54) is 0 Å². The highest BCUT2D eigenvalue weighted by Gasteiger charge is 2.37. The Balaban J connectivity index is 5.16. The van der Waals surface area contributed by atoms with Gasteiger partial charge in [0.2, 0.25) is 0 Å². The second kappa shape index (κ2) is 8.42. The van der Waals surface area contributed by atoms with Crippen LogP contribution in [0.2, 0.25) is 45.3 Å². The number of rotatable bonds is 9. The maximum atomic E-state index is 11.9. The van der Waals surface area contributed by atoms with Crippen LogP contribution in [-0.4, -0.2) is 37.6 Å². The average molecular weight is 348 g/mol. The van der Waals surface area contributed by atoms with Crippen molar-refractivity contribution in [3.8, 4) is 0 Å². The first-order valence-corrected chi connectivity index (χ1v) is 16.0. The van der Waals surface area contributed by atoms with Crippen LogP contribution in [0.4, 0.5) is 0 Å². The number of carbonyl (C=O) groups is 1. The van der Waals surface area contributed by atoms with Crippen LogP contribution in [0.25, 0.3) is 0 Å². The minimum absolute atomic E-state index is 0.333. The summed E-state index contributed by atoms with van der Waals surface area (Å²) in [7, 11) is -5.09. The quantitative estimate of drug-likeness (QED) is 0.358. The molecule has 0 aliphatic carbocycles. The second-order valence-corrected chi connectivity index (χ2v) is 18.2. The molecule has 0 aliphatic heterocycles. The van der Waals surface area contributed by atoms with Crippen molar-refractivity contribution in [2.75, 3.05) is 0 Å². The third-order valence-corrected chi connectivity index (χ3v) is 6.77. The molecule has 0 aromatic rings. The Bertz CT molecular complexity index is 342. The Morgan fingerprint density at radius 1 is 1.10 bits per heavy atom. The molecule has 0 aromatic heterocycles. The molecule has 0 N–H and O–H groups in total. The van der Waals surface area contributed by atoms with Crippen LogP contribution in [-0.2, 0) is 18.1 Å². The molecule has 4 nitrogen and oxygen atoms in total. The molecular weight excluding hydrogens is 316 g/mol. The standard InChI is InChI=1S/C14H31O4Si3/c1-10-11-19(16-13(15)12(2)3)14(17-20(4,5)6)18-21(7,8)9/h14H,2,10-11H2,1,3-9H3. The van der Waals surface area contributed by atoms with Crippen LogP contribution in [0, 0.1) is 0 Å². The topological polar surface area (TPSA) is 44.8 Å². The van der Waals surface area contributed by atoms with Crippen molar-refractivity contribution in [2.24, 2.45) is 0 Å². The predicted octanol–water partition coefficient (Wildman–Crippen LogP) is 4.08. The summed E-state index contributed by atoms with van der Waals surface area (Å²) in [5, 5.41) is 0. The van der Waals surface area contributed by atoms with Gasteiger partial charge < -0.3 is 13.3 Å². The molecule has 0 heterocycles. The van der Waals surface area contributed by atoms with Gasteiger partial charge in [0.1, 0.15) is 0 Å². The molecule has 123 valence electrons. The van der Waals surface area contributed by atoms with Crippen molar-refractivity contribution in [3.63, 3.8) is 0 Å². The third kappa shape index (κ3) is 10.2. The van der Waals surface area contributed by atoms with E-state index in [1.54, 1.807) is 6.92 Å². The molecule has 0 unspecified atom stereocenters. The summed E-state index contributed by atoms with van der Waals surface area (Å²) in [6.07, 6.45) is 0.943. The van der Waals surface area contributed by atoms with Crippen molar-refractivity contribution in [3.05, 3.63) is 12.2 Å². The Morgan fingerprint density at radius 3 is 1.81 bits per heavy atom. The number of hydrogen-bond acceptors (Lipinski definition) is 4. The maximum Gasteiger partial charge on any atom is 0.343 e. The Kier molecular flexibility index (Phi) is 8.33. The van der Waals surface area contributed by atoms with E-state index >= 15 is 0 Å². The molecular formula is C14H31O4Si3. The van der Waals surface area contributed by atoms with E-state index < -0.39 is 25.7 Å². The molecule has 21 heavy (non-hydrogen) atoms. The molecule has 0 rings (SSSR count). The van der Waals surface area contributed by atoms with E-state index in [-0.39, 0.29) is 11.9 Å². The van der Waals surface area contributed by atoms with E-state index in [1.807, 2.05) is 0 Å². The summed E-state index contributed by atoms with van der Waals surface area (Å²) in [4.78, 5) is 11.9. The van der Waals surface area contributed by atoms with Crippen molar-refractivity contribution in [2.45, 2.75) is 71.5 Å². The van der Waals surface area contributed by atoms with Crippen molar-refractivity contribution in [1.82, 2.24) is 0 Å². The zero-order valence-electron chi connectivity index (χ0n) is 14.8. The van der Waals surface area contributed by atoms with Crippen LogP contribution in [0.15, 0.2) is 12.2 Å². The minimum atomic E-state index is -1.78. The molecule has 0 aliphatic rings. The zero-order chi connectivity index (χ0) is 16.8. The lowest BCUT2D eigenvalue weighted by Crippen LogP contribution is -2.50. The Labute approximate surface area is 133 Å². The van der Waals surface area contributed by atoms with Gasteiger partial charge in [-0.2, -0.15) is 0 Å². The van der Waals surface area contributed by atoms with E-state index in [0.29, 0.717) is 5.57 Å². The average Bonchev–Trinajstić information content (AvgIpc) is 2.23. The van der Waals surface area contributed by atoms with Gasteiger partial charge in [0, 0.05) is 5.57 Å². The number of carbonyl (C=O) groups excluding carboxylic acids is 1. The van der Waals surface area contributed by atoms with E-state index in [9.17, 15) is 4.79 Å². The fourth-order valence-electron chi connectivity index (χ4n) is 1.47. The molecule has 0 saturated carbocycles. The molecule has 7 heteroatoms. The summed E-state index contributed by atoms with van der Waals surface area (Å²) >= 11 is 0. The first-order chi connectivity index (χ1) is 9.35. The Morgan fingerprint density at radius 2 is 1.52 bits per heavy atom. The molecule has 0 bridgehead atoms. The fraction of sp³-hybridized carbons (Fsp3) is 0.786. The maximum absolute atomic E-state index is 11.9.